The number of nitrogens with zero attached hydrogens (tertiary/aromatic N) is 2. The molecule has 8 heteroatoms. The highest BCUT2D eigenvalue weighted by atomic mass is 19.1. The van der Waals surface area contributed by atoms with Crippen molar-refractivity contribution in [3.05, 3.63) is 71.3 Å². The molecule has 1 fully saturated rings. The van der Waals surface area contributed by atoms with Crippen LogP contribution in [0.15, 0.2) is 48.5 Å². The van der Waals surface area contributed by atoms with E-state index in [9.17, 15) is 23.2 Å². The van der Waals surface area contributed by atoms with E-state index in [2.05, 4.69) is 0 Å². The average molecular weight is 416 g/mol. The van der Waals surface area contributed by atoms with Crippen molar-refractivity contribution in [3.63, 3.8) is 0 Å². The number of carbonyl (C=O) groups excluding carboxylic acids is 3. The van der Waals surface area contributed by atoms with E-state index in [-0.39, 0.29) is 25.2 Å². The number of likely N-dealkylation sites (tertiary alicyclic amines) is 1. The SMILES string of the molecule is COC(=O)C1(c2ccccc2)CCN(C(=O)C(=O)N(C)Cc2cc(F)ccc2F)C1. The summed E-state index contributed by atoms with van der Waals surface area (Å²) in [5, 5.41) is 0. The topological polar surface area (TPSA) is 66.9 Å². The van der Waals surface area contributed by atoms with E-state index >= 15 is 0 Å². The van der Waals surface area contributed by atoms with Gasteiger partial charge in [0.05, 0.1) is 7.11 Å². The van der Waals surface area contributed by atoms with Gasteiger partial charge in [0.25, 0.3) is 0 Å². The van der Waals surface area contributed by atoms with Gasteiger partial charge in [0.2, 0.25) is 0 Å². The average Bonchev–Trinajstić information content (AvgIpc) is 3.22. The van der Waals surface area contributed by atoms with Gasteiger partial charge >= 0.3 is 17.8 Å². The summed E-state index contributed by atoms with van der Waals surface area (Å²) in [5.74, 6) is -3.46. The maximum atomic E-state index is 13.9. The zero-order valence-corrected chi connectivity index (χ0v) is 16.7. The number of ether oxygens (including phenoxy) is 1. The van der Waals surface area contributed by atoms with Crippen LogP contribution in [-0.2, 0) is 31.1 Å². The molecule has 2 aromatic rings. The van der Waals surface area contributed by atoms with Gasteiger partial charge in [-0.25, -0.2) is 8.78 Å². The smallest absolute Gasteiger partial charge is 0.318 e. The first kappa shape index (κ1) is 21.4. The zero-order valence-electron chi connectivity index (χ0n) is 16.7. The molecule has 1 aliphatic rings. The molecule has 0 spiro atoms. The van der Waals surface area contributed by atoms with E-state index in [1.165, 1.54) is 19.1 Å². The van der Waals surface area contributed by atoms with E-state index in [1.54, 1.807) is 24.3 Å². The molecule has 3 rings (SSSR count). The second-order valence-electron chi connectivity index (χ2n) is 7.31. The highest BCUT2D eigenvalue weighted by molar-refractivity contribution is 6.35. The second kappa shape index (κ2) is 8.61. The lowest BCUT2D eigenvalue weighted by atomic mass is 9.79. The number of carbonyl (C=O) groups is 3. The van der Waals surface area contributed by atoms with Gasteiger partial charge in [-0.2, -0.15) is 0 Å². The standard InChI is InChI=1S/C22H22F2N2O4/c1-25(13-15-12-17(23)8-9-18(15)24)19(27)20(28)26-11-10-22(14-26,21(29)30-2)16-6-4-3-5-7-16/h3-9,12H,10-11,13-14H2,1-2H3. The Morgan fingerprint density at radius 1 is 1.13 bits per heavy atom. The summed E-state index contributed by atoms with van der Waals surface area (Å²) in [6.07, 6.45) is 0.310. The third-order valence-electron chi connectivity index (χ3n) is 5.40. The minimum Gasteiger partial charge on any atom is -0.468 e. The molecule has 1 unspecified atom stereocenters. The van der Waals surface area contributed by atoms with Crippen LogP contribution in [0.25, 0.3) is 0 Å². The summed E-state index contributed by atoms with van der Waals surface area (Å²) in [5.41, 5.74) is -0.387. The lowest BCUT2D eigenvalue weighted by Crippen LogP contribution is -2.46. The first-order valence-electron chi connectivity index (χ1n) is 9.41. The second-order valence-corrected chi connectivity index (χ2v) is 7.31. The number of rotatable bonds is 4. The van der Waals surface area contributed by atoms with Crippen molar-refractivity contribution in [1.82, 2.24) is 9.80 Å². The van der Waals surface area contributed by atoms with Crippen LogP contribution in [0.5, 0.6) is 0 Å². The molecule has 1 heterocycles. The minimum atomic E-state index is -1.06. The Kier molecular flexibility index (Phi) is 6.14. The van der Waals surface area contributed by atoms with Crippen molar-refractivity contribution in [2.45, 2.75) is 18.4 Å². The monoisotopic (exact) mass is 416 g/mol. The van der Waals surface area contributed by atoms with Gasteiger partial charge in [-0.3, -0.25) is 14.4 Å². The molecule has 0 bridgehead atoms. The number of amides is 2. The highest BCUT2D eigenvalue weighted by Gasteiger charge is 2.49. The summed E-state index contributed by atoms with van der Waals surface area (Å²) in [6, 6.07) is 11.9. The van der Waals surface area contributed by atoms with Crippen molar-refractivity contribution >= 4 is 17.8 Å². The number of esters is 1. The van der Waals surface area contributed by atoms with Gasteiger partial charge in [-0.1, -0.05) is 30.3 Å². The molecular weight excluding hydrogens is 394 g/mol. The third kappa shape index (κ3) is 4.03. The Morgan fingerprint density at radius 3 is 2.50 bits per heavy atom. The highest BCUT2D eigenvalue weighted by Crippen LogP contribution is 2.36. The maximum absolute atomic E-state index is 13.9. The van der Waals surface area contributed by atoms with Crippen LogP contribution >= 0.6 is 0 Å². The summed E-state index contributed by atoms with van der Waals surface area (Å²) >= 11 is 0. The van der Waals surface area contributed by atoms with Gasteiger partial charge < -0.3 is 14.5 Å². The number of benzene rings is 2. The van der Waals surface area contributed by atoms with Crippen LogP contribution < -0.4 is 0 Å². The van der Waals surface area contributed by atoms with Crippen molar-refractivity contribution in [2.75, 3.05) is 27.2 Å². The first-order valence-corrected chi connectivity index (χ1v) is 9.41. The van der Waals surface area contributed by atoms with Gasteiger partial charge in [0, 0.05) is 32.2 Å². The van der Waals surface area contributed by atoms with Crippen molar-refractivity contribution in [2.24, 2.45) is 0 Å². The summed E-state index contributed by atoms with van der Waals surface area (Å²) < 4.78 is 32.2. The van der Waals surface area contributed by atoms with Gasteiger partial charge in [-0.15, -0.1) is 0 Å². The number of halogens is 2. The van der Waals surface area contributed by atoms with E-state index < -0.39 is 34.8 Å². The van der Waals surface area contributed by atoms with Gasteiger partial charge in [-0.05, 0) is 30.2 Å². The van der Waals surface area contributed by atoms with E-state index in [0.717, 1.165) is 23.1 Å². The van der Waals surface area contributed by atoms with Crippen molar-refractivity contribution in [1.29, 1.82) is 0 Å². The molecule has 0 radical (unpaired) electrons. The molecule has 0 saturated carbocycles. The van der Waals surface area contributed by atoms with Crippen LogP contribution in [0.3, 0.4) is 0 Å². The predicted molar refractivity (Wildman–Crippen MR) is 104 cm³/mol. The molecule has 1 saturated heterocycles. The van der Waals surface area contributed by atoms with Crippen LogP contribution in [0.2, 0.25) is 0 Å². The summed E-state index contributed by atoms with van der Waals surface area (Å²) in [7, 11) is 2.62. The van der Waals surface area contributed by atoms with Crippen LogP contribution in [-0.4, -0.2) is 54.8 Å². The lowest BCUT2D eigenvalue weighted by Gasteiger charge is -2.27. The molecular formula is C22H22F2N2O4. The largest absolute Gasteiger partial charge is 0.468 e. The lowest BCUT2D eigenvalue weighted by molar-refractivity contribution is -0.152. The van der Waals surface area contributed by atoms with Gasteiger partial charge in [0.15, 0.2) is 0 Å². The zero-order chi connectivity index (χ0) is 21.9. The Hall–Kier alpha value is -3.29. The van der Waals surface area contributed by atoms with Gasteiger partial charge in [0.1, 0.15) is 17.0 Å². The number of hydrogen-bond donors (Lipinski definition) is 0. The molecule has 0 N–H and O–H groups in total. The predicted octanol–water partition coefficient (Wildman–Crippen LogP) is 2.27. The molecule has 1 aliphatic heterocycles. The van der Waals surface area contributed by atoms with Crippen molar-refractivity contribution < 1.29 is 27.9 Å². The first-order chi connectivity index (χ1) is 14.3. The molecule has 2 amide bonds. The number of methoxy groups -OCH3 is 1. The molecule has 1 atom stereocenters. The molecule has 0 aromatic heterocycles. The fourth-order valence-electron chi connectivity index (χ4n) is 3.75. The van der Waals surface area contributed by atoms with Crippen LogP contribution in [0.4, 0.5) is 8.78 Å². The number of hydrogen-bond acceptors (Lipinski definition) is 4. The fourth-order valence-corrected chi connectivity index (χ4v) is 3.75. The molecule has 158 valence electrons. The van der Waals surface area contributed by atoms with E-state index in [0.29, 0.717) is 12.0 Å². The maximum Gasteiger partial charge on any atom is 0.318 e. The Morgan fingerprint density at radius 2 is 1.83 bits per heavy atom. The molecule has 30 heavy (non-hydrogen) atoms. The van der Waals surface area contributed by atoms with Crippen LogP contribution in [0, 0.1) is 11.6 Å². The third-order valence-corrected chi connectivity index (χ3v) is 5.40. The van der Waals surface area contributed by atoms with Crippen molar-refractivity contribution in [3.8, 4) is 0 Å². The normalized spacial score (nSPS) is 18.2. The minimum absolute atomic E-state index is 0.00355. The Labute approximate surface area is 173 Å². The van der Waals surface area contributed by atoms with Crippen LogP contribution in [0.1, 0.15) is 17.5 Å². The summed E-state index contributed by atoms with van der Waals surface area (Å²) in [4.78, 5) is 40.3. The fraction of sp³-hybridized carbons (Fsp3) is 0.318. The Bertz CT molecular complexity index is 967. The van der Waals surface area contributed by atoms with E-state index in [1.807, 2.05) is 6.07 Å². The molecule has 2 aromatic carbocycles. The quantitative estimate of drug-likeness (QED) is 0.567. The molecule has 0 aliphatic carbocycles. The Balaban J connectivity index is 1.76. The van der Waals surface area contributed by atoms with E-state index in [4.69, 9.17) is 4.74 Å². The summed E-state index contributed by atoms with van der Waals surface area (Å²) in [6.45, 7) is -0.0734. The number of likely N-dealkylation sites (N-methyl/N-ethyl adjacent to an activating group) is 1. The molecule has 6 nitrogen and oxygen atoms in total.